The van der Waals surface area contributed by atoms with Crippen molar-refractivity contribution in [2.24, 2.45) is 0 Å². The van der Waals surface area contributed by atoms with Crippen LogP contribution in [0, 0.1) is 0 Å². The lowest BCUT2D eigenvalue weighted by atomic mass is 9.92. The third-order valence-electron chi connectivity index (χ3n) is 4.19. The van der Waals surface area contributed by atoms with E-state index in [9.17, 15) is 4.79 Å². The number of carbonyl (C=O) groups is 1. The van der Waals surface area contributed by atoms with Crippen LogP contribution in [-0.4, -0.2) is 26.8 Å². The molecule has 3 heterocycles. The fourth-order valence-electron chi connectivity index (χ4n) is 2.67. The van der Waals surface area contributed by atoms with E-state index >= 15 is 0 Å². The molecule has 4 aromatic rings. The second-order valence-corrected chi connectivity index (χ2v) is 8.47. The van der Waals surface area contributed by atoms with Gasteiger partial charge in [0.2, 0.25) is 11.8 Å². The molecule has 0 bridgehead atoms. The van der Waals surface area contributed by atoms with Gasteiger partial charge in [-0.3, -0.25) is 10.1 Å². The zero-order valence-corrected chi connectivity index (χ0v) is 17.1. The molecule has 7 nitrogen and oxygen atoms in total. The number of nitrogens with zero attached hydrogens (tertiary/aromatic N) is 3. The van der Waals surface area contributed by atoms with Crippen LogP contribution >= 0.6 is 11.8 Å². The second kappa shape index (κ2) is 7.71. The van der Waals surface area contributed by atoms with Crippen molar-refractivity contribution >= 4 is 34.5 Å². The fourth-order valence-corrected chi connectivity index (χ4v) is 3.49. The Morgan fingerprint density at radius 2 is 1.97 bits per heavy atom. The van der Waals surface area contributed by atoms with E-state index in [0.717, 1.165) is 16.6 Å². The minimum atomic E-state index is -0.200. The first kappa shape index (κ1) is 19.2. The minimum Gasteiger partial charge on any atom is -0.461 e. The Morgan fingerprint density at radius 3 is 2.69 bits per heavy atom. The van der Waals surface area contributed by atoms with Crippen LogP contribution in [0.15, 0.2) is 62.7 Å². The van der Waals surface area contributed by atoms with Crippen LogP contribution in [0.4, 0.5) is 5.88 Å². The molecule has 0 radical (unpaired) electrons. The Labute approximate surface area is 171 Å². The number of furan rings is 1. The normalized spacial score (nSPS) is 11.7. The van der Waals surface area contributed by atoms with Gasteiger partial charge in [-0.15, -0.1) is 0 Å². The van der Waals surface area contributed by atoms with E-state index in [0.29, 0.717) is 22.5 Å². The molecular formula is C21H20N4O3S. The minimum absolute atomic E-state index is 0.149. The zero-order valence-electron chi connectivity index (χ0n) is 16.3. The maximum atomic E-state index is 12.4. The lowest BCUT2D eigenvalue weighted by Crippen LogP contribution is -2.14. The van der Waals surface area contributed by atoms with Gasteiger partial charge in [-0.05, 0) is 18.2 Å². The molecule has 0 saturated heterocycles. The van der Waals surface area contributed by atoms with Crippen LogP contribution in [0.25, 0.3) is 22.5 Å². The summed E-state index contributed by atoms with van der Waals surface area (Å²) >= 11 is 1.33. The molecular weight excluding hydrogens is 388 g/mol. The molecule has 0 unspecified atom stereocenters. The third-order valence-corrected chi connectivity index (χ3v) is 5.18. The molecule has 0 spiro atoms. The zero-order chi connectivity index (χ0) is 20.4. The van der Waals surface area contributed by atoms with Crippen LogP contribution in [0.3, 0.4) is 0 Å². The number of anilines is 1. The third kappa shape index (κ3) is 4.32. The maximum Gasteiger partial charge on any atom is 0.237 e. The smallest absolute Gasteiger partial charge is 0.237 e. The van der Waals surface area contributed by atoms with Crippen molar-refractivity contribution in [3.05, 3.63) is 54.4 Å². The molecule has 29 heavy (non-hydrogen) atoms. The van der Waals surface area contributed by atoms with Gasteiger partial charge in [0.05, 0.1) is 23.2 Å². The summed E-state index contributed by atoms with van der Waals surface area (Å²) in [4.78, 5) is 21.6. The lowest BCUT2D eigenvalue weighted by Gasteiger charge is -2.12. The van der Waals surface area contributed by atoms with Gasteiger partial charge in [0.1, 0.15) is 5.03 Å². The number of nitrogens with one attached hydrogen (secondary N) is 1. The molecule has 0 saturated carbocycles. The quantitative estimate of drug-likeness (QED) is 0.370. The highest BCUT2D eigenvalue weighted by Crippen LogP contribution is 2.29. The second-order valence-electron chi connectivity index (χ2n) is 7.51. The Kier molecular flexibility index (Phi) is 5.10. The molecule has 4 rings (SSSR count). The highest BCUT2D eigenvalue weighted by atomic mass is 32.2. The van der Waals surface area contributed by atoms with Crippen molar-refractivity contribution in [1.29, 1.82) is 0 Å². The van der Waals surface area contributed by atoms with Gasteiger partial charge in [0, 0.05) is 16.9 Å². The monoisotopic (exact) mass is 408 g/mol. The van der Waals surface area contributed by atoms with Crippen LogP contribution in [0.1, 0.15) is 26.5 Å². The molecule has 1 aromatic carbocycles. The average molecular weight is 408 g/mol. The van der Waals surface area contributed by atoms with Gasteiger partial charge in [0.25, 0.3) is 0 Å². The summed E-state index contributed by atoms with van der Waals surface area (Å²) in [5.41, 5.74) is 1.43. The van der Waals surface area contributed by atoms with Gasteiger partial charge in [0.15, 0.2) is 11.6 Å². The first-order chi connectivity index (χ1) is 13.9. The summed E-state index contributed by atoms with van der Waals surface area (Å²) in [5, 5.41) is 8.35. The summed E-state index contributed by atoms with van der Waals surface area (Å²) in [6.07, 6.45) is 1.58. The van der Waals surface area contributed by atoms with Crippen LogP contribution in [0.5, 0.6) is 0 Å². The molecule has 0 aliphatic rings. The summed E-state index contributed by atoms with van der Waals surface area (Å²) in [5.74, 6) is 1.38. The van der Waals surface area contributed by atoms with Gasteiger partial charge >= 0.3 is 0 Å². The Balaban J connectivity index is 1.52. The number of carbonyl (C=O) groups excluding carboxylic acids is 1. The average Bonchev–Trinajstić information content (AvgIpc) is 3.37. The van der Waals surface area contributed by atoms with Gasteiger partial charge in [-0.2, -0.15) is 0 Å². The molecule has 8 heteroatoms. The Hall–Kier alpha value is -3.13. The SMILES string of the molecule is CC(C)(C)c1cc(NC(=O)CSc2nc(-c3ccco3)nc3ccccc23)on1. The highest BCUT2D eigenvalue weighted by molar-refractivity contribution is 8.00. The van der Waals surface area contributed by atoms with Gasteiger partial charge in [-0.1, -0.05) is 55.9 Å². The maximum absolute atomic E-state index is 12.4. The number of rotatable bonds is 5. The lowest BCUT2D eigenvalue weighted by molar-refractivity contribution is -0.113. The number of hydrogen-bond acceptors (Lipinski definition) is 7. The number of thioether (sulfide) groups is 1. The van der Waals surface area contributed by atoms with Crippen LogP contribution in [0.2, 0.25) is 0 Å². The molecule has 1 N–H and O–H groups in total. The molecule has 148 valence electrons. The predicted molar refractivity (Wildman–Crippen MR) is 112 cm³/mol. The van der Waals surface area contributed by atoms with Crippen LogP contribution in [-0.2, 0) is 10.2 Å². The number of aromatic nitrogens is 3. The molecule has 0 atom stereocenters. The number of para-hydroxylation sites is 1. The number of hydrogen-bond donors (Lipinski definition) is 1. The molecule has 0 aliphatic carbocycles. The van der Waals surface area contributed by atoms with Gasteiger partial charge < -0.3 is 8.94 Å². The molecule has 3 aromatic heterocycles. The summed E-state index contributed by atoms with van der Waals surface area (Å²) in [6, 6.07) is 13.0. The topological polar surface area (TPSA) is 94.1 Å². The summed E-state index contributed by atoms with van der Waals surface area (Å²) in [6.45, 7) is 6.09. The van der Waals surface area contributed by atoms with Crippen molar-refractivity contribution in [3.8, 4) is 11.6 Å². The molecule has 0 aliphatic heterocycles. The van der Waals surface area contributed by atoms with E-state index in [1.54, 1.807) is 18.4 Å². The molecule has 0 fully saturated rings. The van der Waals surface area contributed by atoms with E-state index in [4.69, 9.17) is 8.94 Å². The first-order valence-electron chi connectivity index (χ1n) is 9.11. The largest absolute Gasteiger partial charge is 0.461 e. The van der Waals surface area contributed by atoms with Crippen molar-refractivity contribution in [2.75, 3.05) is 11.1 Å². The van der Waals surface area contributed by atoms with Crippen LogP contribution < -0.4 is 5.32 Å². The van der Waals surface area contributed by atoms with E-state index in [1.165, 1.54) is 11.8 Å². The summed E-state index contributed by atoms with van der Waals surface area (Å²) < 4.78 is 10.6. The van der Waals surface area contributed by atoms with E-state index in [1.807, 2.05) is 51.1 Å². The van der Waals surface area contributed by atoms with Gasteiger partial charge in [-0.25, -0.2) is 9.97 Å². The van der Waals surface area contributed by atoms with Crippen molar-refractivity contribution in [2.45, 2.75) is 31.2 Å². The number of amides is 1. The van der Waals surface area contributed by atoms with E-state index in [-0.39, 0.29) is 17.1 Å². The molecule has 1 amide bonds. The standard InChI is InChI=1S/C21H20N4O3S/c1-21(2,3)16-11-18(28-25-16)23-17(26)12-29-20-13-7-4-5-8-14(13)22-19(24-20)15-9-6-10-27-15/h4-11H,12H2,1-3H3,(H,23,26). The Morgan fingerprint density at radius 1 is 1.14 bits per heavy atom. The van der Waals surface area contributed by atoms with E-state index < -0.39 is 0 Å². The van der Waals surface area contributed by atoms with Crippen molar-refractivity contribution in [3.63, 3.8) is 0 Å². The number of benzene rings is 1. The Bertz CT molecular complexity index is 1150. The highest BCUT2D eigenvalue weighted by Gasteiger charge is 2.20. The fraction of sp³-hybridized carbons (Fsp3) is 0.238. The number of fused-ring (bicyclic) bond motifs is 1. The summed E-state index contributed by atoms with van der Waals surface area (Å²) in [7, 11) is 0. The van der Waals surface area contributed by atoms with Crippen molar-refractivity contribution in [1.82, 2.24) is 15.1 Å². The van der Waals surface area contributed by atoms with E-state index in [2.05, 4.69) is 20.4 Å². The van der Waals surface area contributed by atoms with Crippen molar-refractivity contribution < 1.29 is 13.7 Å². The predicted octanol–water partition coefficient (Wildman–Crippen LogP) is 4.91. The first-order valence-corrected chi connectivity index (χ1v) is 10.1.